The highest BCUT2D eigenvalue weighted by Crippen LogP contribution is 2.40. The molecular weight excluding hydrogens is 460 g/mol. The lowest BCUT2D eigenvalue weighted by molar-refractivity contribution is -0.144. The summed E-state index contributed by atoms with van der Waals surface area (Å²) in [6.45, 7) is 4.50. The number of nitrogens with zero attached hydrogens (tertiary/aromatic N) is 1. The van der Waals surface area contributed by atoms with Gasteiger partial charge in [-0.25, -0.2) is 4.79 Å². The van der Waals surface area contributed by atoms with E-state index in [0.717, 1.165) is 61.5 Å². The van der Waals surface area contributed by atoms with Crippen molar-refractivity contribution in [2.75, 3.05) is 19.6 Å². The van der Waals surface area contributed by atoms with Crippen LogP contribution in [0, 0.1) is 12.8 Å². The molecule has 3 aliphatic rings. The normalized spacial score (nSPS) is 24.5. The van der Waals surface area contributed by atoms with Crippen molar-refractivity contribution < 1.29 is 23.8 Å². The molecule has 8 heteroatoms. The molecule has 1 saturated heterocycles. The largest absolute Gasteiger partial charge is 0.480 e. The number of fused-ring (bicyclic) bond motifs is 4. The highest BCUT2D eigenvalue weighted by molar-refractivity contribution is 5.90. The summed E-state index contributed by atoms with van der Waals surface area (Å²) in [7, 11) is 0. The maximum Gasteiger partial charge on any atom is 0.339 e. The van der Waals surface area contributed by atoms with E-state index in [4.69, 9.17) is 9.15 Å². The van der Waals surface area contributed by atoms with E-state index >= 15 is 0 Å². The zero-order valence-corrected chi connectivity index (χ0v) is 21.2. The zero-order valence-electron chi connectivity index (χ0n) is 21.2. The Kier molecular flexibility index (Phi) is 6.81. The van der Waals surface area contributed by atoms with Crippen LogP contribution in [0.25, 0.3) is 11.0 Å². The Hall–Kier alpha value is -2.87. The number of aryl methyl sites for hydroxylation is 2. The topological polar surface area (TPSA) is 109 Å². The van der Waals surface area contributed by atoms with Crippen molar-refractivity contribution in [3.05, 3.63) is 39.2 Å². The van der Waals surface area contributed by atoms with Crippen LogP contribution in [0.5, 0.6) is 5.75 Å². The lowest BCUT2D eigenvalue weighted by Crippen LogP contribution is -2.56. The molecule has 0 bridgehead atoms. The summed E-state index contributed by atoms with van der Waals surface area (Å²) in [4.78, 5) is 39.9. The van der Waals surface area contributed by atoms with Crippen LogP contribution in [0.4, 0.5) is 0 Å². The van der Waals surface area contributed by atoms with Gasteiger partial charge in [-0.15, -0.1) is 0 Å². The van der Waals surface area contributed by atoms with Gasteiger partial charge < -0.3 is 24.5 Å². The maximum absolute atomic E-state index is 12.9. The van der Waals surface area contributed by atoms with E-state index in [0.29, 0.717) is 42.8 Å². The summed E-state index contributed by atoms with van der Waals surface area (Å²) >= 11 is 0. The number of carbonyl (C=O) groups excluding carboxylic acids is 2. The van der Waals surface area contributed by atoms with Crippen LogP contribution in [0.2, 0.25) is 0 Å². The van der Waals surface area contributed by atoms with E-state index in [2.05, 4.69) is 5.32 Å². The number of amides is 2. The van der Waals surface area contributed by atoms with E-state index in [9.17, 15) is 19.5 Å². The molecule has 0 spiro atoms. The van der Waals surface area contributed by atoms with E-state index in [1.54, 1.807) is 11.8 Å². The summed E-state index contributed by atoms with van der Waals surface area (Å²) in [6.07, 6.45) is 7.04. The smallest absolute Gasteiger partial charge is 0.339 e. The van der Waals surface area contributed by atoms with Gasteiger partial charge in [0.2, 0.25) is 5.91 Å². The van der Waals surface area contributed by atoms with Gasteiger partial charge in [0, 0.05) is 24.6 Å². The number of piperidine rings is 1. The van der Waals surface area contributed by atoms with Crippen LogP contribution in [0.3, 0.4) is 0 Å². The van der Waals surface area contributed by atoms with Crippen molar-refractivity contribution in [3.63, 3.8) is 0 Å². The van der Waals surface area contributed by atoms with Gasteiger partial charge in [-0.1, -0.05) is 12.8 Å². The third-order valence-electron chi connectivity index (χ3n) is 8.30. The number of carbonyl (C=O) groups is 2. The van der Waals surface area contributed by atoms with Gasteiger partial charge in [0.1, 0.15) is 11.3 Å². The first kappa shape index (κ1) is 24.8. The lowest BCUT2D eigenvalue weighted by Gasteiger charge is -2.47. The predicted molar refractivity (Wildman–Crippen MR) is 135 cm³/mol. The van der Waals surface area contributed by atoms with Crippen LogP contribution in [0.1, 0.15) is 68.6 Å². The average molecular weight is 497 g/mol. The quantitative estimate of drug-likeness (QED) is 0.616. The summed E-state index contributed by atoms with van der Waals surface area (Å²) < 4.78 is 11.7. The Morgan fingerprint density at radius 2 is 1.97 bits per heavy atom. The van der Waals surface area contributed by atoms with Gasteiger partial charge in [0.15, 0.2) is 6.10 Å². The first-order valence-electron chi connectivity index (χ1n) is 13.3. The molecule has 2 aromatic rings. The monoisotopic (exact) mass is 496 g/mol. The van der Waals surface area contributed by atoms with Crippen molar-refractivity contribution in [1.29, 1.82) is 0 Å². The number of aliphatic hydroxyl groups is 1. The molecule has 194 valence electrons. The van der Waals surface area contributed by atoms with Gasteiger partial charge in [-0.05, 0) is 82.1 Å². The predicted octanol–water partition coefficient (Wildman–Crippen LogP) is 3.02. The molecule has 1 aromatic carbocycles. The summed E-state index contributed by atoms with van der Waals surface area (Å²) in [5.41, 5.74) is 2.07. The molecule has 2 amide bonds. The summed E-state index contributed by atoms with van der Waals surface area (Å²) in [6, 6.07) is 3.69. The first-order chi connectivity index (χ1) is 17.2. The molecule has 5 rings (SSSR count). The van der Waals surface area contributed by atoms with Gasteiger partial charge in [-0.2, -0.15) is 0 Å². The van der Waals surface area contributed by atoms with Crippen molar-refractivity contribution in [2.45, 2.75) is 83.3 Å². The minimum absolute atomic E-state index is 0.101. The number of nitrogens with one attached hydrogen (secondary N) is 1. The number of rotatable bonds is 5. The van der Waals surface area contributed by atoms with E-state index in [1.165, 1.54) is 0 Å². The fourth-order valence-electron chi connectivity index (χ4n) is 6.22. The Balaban J connectivity index is 1.25. The summed E-state index contributed by atoms with van der Waals surface area (Å²) in [5.74, 6) is 0.117. The molecule has 0 radical (unpaired) electrons. The zero-order chi connectivity index (χ0) is 25.4. The van der Waals surface area contributed by atoms with Gasteiger partial charge in [-0.3, -0.25) is 9.59 Å². The molecule has 2 heterocycles. The van der Waals surface area contributed by atoms with Crippen LogP contribution >= 0.6 is 0 Å². The Bertz CT molecular complexity index is 1240. The van der Waals surface area contributed by atoms with Gasteiger partial charge in [0.05, 0.1) is 17.5 Å². The SMILES string of the molecule is Cc1cc(O[C@@H](C)C(=O)NCC(=O)N2CC[C@]3(O)CCCC[C@H]3C2)c2c3c(c(=O)oc2c1)CCCC3. The average Bonchev–Trinajstić information content (AvgIpc) is 2.86. The van der Waals surface area contributed by atoms with Crippen LogP contribution in [0.15, 0.2) is 21.3 Å². The molecule has 8 nitrogen and oxygen atoms in total. The number of hydrogen-bond donors (Lipinski definition) is 2. The molecule has 3 atom stereocenters. The van der Waals surface area contributed by atoms with Crippen LogP contribution < -0.4 is 15.7 Å². The molecule has 2 N–H and O–H groups in total. The first-order valence-corrected chi connectivity index (χ1v) is 13.3. The highest BCUT2D eigenvalue weighted by atomic mass is 16.5. The third-order valence-corrected chi connectivity index (χ3v) is 8.30. The second-order valence-electron chi connectivity index (χ2n) is 10.8. The Morgan fingerprint density at radius 1 is 1.19 bits per heavy atom. The maximum atomic E-state index is 12.9. The second kappa shape index (κ2) is 9.88. The van der Waals surface area contributed by atoms with E-state index in [-0.39, 0.29) is 29.9 Å². The van der Waals surface area contributed by atoms with Crippen molar-refractivity contribution in [1.82, 2.24) is 10.2 Å². The lowest BCUT2D eigenvalue weighted by atomic mass is 9.71. The highest BCUT2D eigenvalue weighted by Gasteiger charge is 2.43. The molecule has 36 heavy (non-hydrogen) atoms. The Labute approximate surface area is 211 Å². The van der Waals surface area contributed by atoms with Crippen molar-refractivity contribution in [2.24, 2.45) is 5.92 Å². The molecule has 2 fully saturated rings. The molecular formula is C28H36N2O6. The molecule has 1 saturated carbocycles. The molecule has 1 aromatic heterocycles. The minimum atomic E-state index is -0.834. The minimum Gasteiger partial charge on any atom is -0.480 e. The standard InChI is InChI=1S/C28H36N2O6/c1-17-13-22(25-20-8-3-4-9-21(20)27(33)36-23(25)14-17)35-18(2)26(32)29-15-24(31)30-12-11-28(34)10-6-5-7-19(28)16-30/h13-14,18-19,34H,3-12,15-16H2,1-2H3,(H,29,32)/t18-,19-,28+/m0/s1. The van der Waals surface area contributed by atoms with Gasteiger partial charge >= 0.3 is 5.63 Å². The fraction of sp³-hybridized carbons (Fsp3) is 0.607. The number of likely N-dealkylation sites (tertiary alicyclic amines) is 1. The summed E-state index contributed by atoms with van der Waals surface area (Å²) in [5, 5.41) is 14.3. The Morgan fingerprint density at radius 3 is 2.78 bits per heavy atom. The fourth-order valence-corrected chi connectivity index (χ4v) is 6.22. The number of ether oxygens (including phenoxy) is 1. The van der Waals surface area contributed by atoms with E-state index < -0.39 is 11.7 Å². The third kappa shape index (κ3) is 4.75. The van der Waals surface area contributed by atoms with Crippen LogP contribution in [-0.2, 0) is 22.4 Å². The number of benzene rings is 1. The second-order valence-corrected chi connectivity index (χ2v) is 10.8. The van der Waals surface area contributed by atoms with Crippen molar-refractivity contribution in [3.8, 4) is 5.75 Å². The number of hydrogen-bond acceptors (Lipinski definition) is 6. The molecule has 0 unspecified atom stereocenters. The molecule has 1 aliphatic heterocycles. The van der Waals surface area contributed by atoms with Crippen LogP contribution in [-0.4, -0.2) is 53.2 Å². The van der Waals surface area contributed by atoms with Gasteiger partial charge in [0.25, 0.3) is 5.91 Å². The molecule has 2 aliphatic carbocycles. The van der Waals surface area contributed by atoms with Crippen molar-refractivity contribution >= 4 is 22.8 Å². The van der Waals surface area contributed by atoms with E-state index in [1.807, 2.05) is 19.1 Å².